The fourth-order valence-corrected chi connectivity index (χ4v) is 2.51. The van der Waals surface area contributed by atoms with Crippen LogP contribution in [0.4, 0.5) is 0 Å². The van der Waals surface area contributed by atoms with Gasteiger partial charge in [-0.2, -0.15) is 0 Å². The molecule has 0 rings (SSSR count). The average Bonchev–Trinajstić information content (AvgIpc) is 2.64. The molecule has 0 radical (unpaired) electrons. The van der Waals surface area contributed by atoms with Crippen LogP contribution in [0.3, 0.4) is 0 Å². The molecule has 0 aromatic rings. The molecule has 0 heterocycles. The molecule has 0 bridgehead atoms. The van der Waals surface area contributed by atoms with Gasteiger partial charge in [-0.15, -0.1) is 0 Å². The van der Waals surface area contributed by atoms with Crippen LogP contribution in [-0.2, 0) is 4.79 Å². The van der Waals surface area contributed by atoms with Crippen molar-refractivity contribution in [1.29, 1.82) is 0 Å². The van der Waals surface area contributed by atoms with Crippen LogP contribution in [0.1, 0.15) is 77.6 Å². The lowest BCUT2D eigenvalue weighted by atomic mass is 10.0. The zero-order chi connectivity index (χ0) is 20.4. The summed E-state index contributed by atoms with van der Waals surface area (Å²) < 4.78 is 0. The predicted octanol–water partition coefficient (Wildman–Crippen LogP) is 5.41. The summed E-state index contributed by atoms with van der Waals surface area (Å²) in [6, 6.07) is 0. The third-order valence-corrected chi connectivity index (χ3v) is 4.26. The Hall–Kier alpha value is -2.31. The van der Waals surface area contributed by atoms with E-state index in [1.54, 1.807) is 0 Å². The molecule has 0 aliphatic rings. The molecule has 0 atom stereocenters. The first kappa shape index (κ1) is 24.7. The molecule has 0 aliphatic heterocycles. The summed E-state index contributed by atoms with van der Waals surface area (Å²) in [6.07, 6.45) is 21.5. The van der Waals surface area contributed by atoms with Gasteiger partial charge in [0.2, 0.25) is 0 Å². The molecule has 0 unspecified atom stereocenters. The van der Waals surface area contributed by atoms with Crippen LogP contribution in [0.2, 0.25) is 0 Å². The van der Waals surface area contributed by atoms with E-state index in [0.717, 1.165) is 32.1 Å². The van der Waals surface area contributed by atoms with Gasteiger partial charge in [0.25, 0.3) is 6.29 Å². The number of carbonyl (C=O) groups excluding carboxylic acids is 1. The van der Waals surface area contributed by atoms with Gasteiger partial charge in [0.15, 0.2) is 0 Å². The van der Waals surface area contributed by atoms with Crippen LogP contribution in [0.25, 0.3) is 0 Å². The lowest BCUT2D eigenvalue weighted by molar-refractivity contribution is -0.774. The van der Waals surface area contributed by atoms with Crippen molar-refractivity contribution in [3.63, 3.8) is 0 Å². The second kappa shape index (κ2) is 15.9. The zero-order valence-electron chi connectivity index (χ0n) is 16.3. The highest BCUT2D eigenvalue weighted by Gasteiger charge is 2.55. The number of nitrogens with zero attached hydrogens (tertiary/aromatic N) is 2. The van der Waals surface area contributed by atoms with Gasteiger partial charge in [-0.25, -0.2) is 0 Å². The summed E-state index contributed by atoms with van der Waals surface area (Å²) in [5.41, 5.74) is -2.69. The number of rotatable bonds is 17. The van der Waals surface area contributed by atoms with Gasteiger partial charge >= 0.3 is 5.66 Å². The summed E-state index contributed by atoms with van der Waals surface area (Å²) in [4.78, 5) is 30.2. The predicted molar refractivity (Wildman–Crippen MR) is 107 cm³/mol. The molecule has 0 fully saturated rings. The van der Waals surface area contributed by atoms with Gasteiger partial charge in [-0.1, -0.05) is 62.6 Å². The van der Waals surface area contributed by atoms with Crippen molar-refractivity contribution in [3.8, 4) is 0 Å². The highest BCUT2D eigenvalue weighted by atomic mass is 16.7. The standard InChI is InChI=1S/C20H32N2O5/c1-2-3-4-5-6-7-8-9-10-11-12-13-14-15-16-17-18-20(19-23,21(24)25)22(26)27/h6-7,9-10,12-13,19H,2-5,8,11,14-18H2,1H3/b7-6+,10-9+,13-12+. The van der Waals surface area contributed by atoms with Gasteiger partial charge in [-0.05, 0) is 44.9 Å². The summed E-state index contributed by atoms with van der Waals surface area (Å²) in [5, 5.41) is 21.6. The monoisotopic (exact) mass is 380 g/mol. The van der Waals surface area contributed by atoms with Gasteiger partial charge in [0.05, 0.1) is 6.42 Å². The molecule has 0 amide bonds. The Morgan fingerprint density at radius 3 is 1.67 bits per heavy atom. The molecule has 7 heteroatoms. The molecule has 7 nitrogen and oxygen atoms in total. The third kappa shape index (κ3) is 11.1. The Morgan fingerprint density at radius 2 is 1.22 bits per heavy atom. The van der Waals surface area contributed by atoms with Crippen LogP contribution in [-0.4, -0.2) is 21.8 Å². The lowest BCUT2D eigenvalue weighted by Gasteiger charge is -2.10. The first-order valence-electron chi connectivity index (χ1n) is 9.71. The third-order valence-electron chi connectivity index (χ3n) is 4.26. The van der Waals surface area contributed by atoms with E-state index in [-0.39, 0.29) is 19.1 Å². The Kier molecular flexibility index (Phi) is 14.5. The molecule has 0 saturated heterocycles. The van der Waals surface area contributed by atoms with E-state index in [1.807, 2.05) is 6.08 Å². The number of unbranched alkanes of at least 4 members (excludes halogenated alkanes) is 6. The molecule has 152 valence electrons. The largest absolute Gasteiger partial charge is 0.512 e. The Morgan fingerprint density at radius 1 is 0.741 bits per heavy atom. The minimum absolute atomic E-state index is 0.167. The lowest BCUT2D eigenvalue weighted by Crippen LogP contribution is -2.47. The maximum atomic E-state index is 10.8. The number of nitro groups is 2. The molecule has 27 heavy (non-hydrogen) atoms. The normalized spacial score (nSPS) is 12.3. The summed E-state index contributed by atoms with van der Waals surface area (Å²) >= 11 is 0. The van der Waals surface area contributed by atoms with Crippen molar-refractivity contribution in [2.75, 3.05) is 0 Å². The number of carbonyl (C=O) groups is 1. The fourth-order valence-electron chi connectivity index (χ4n) is 2.51. The number of hydrogen-bond donors (Lipinski definition) is 0. The van der Waals surface area contributed by atoms with Crippen LogP contribution in [0.15, 0.2) is 36.5 Å². The molecule has 0 aromatic heterocycles. The van der Waals surface area contributed by atoms with Crippen molar-refractivity contribution in [2.45, 2.75) is 83.2 Å². The molecule has 0 saturated carbocycles. The second-order valence-corrected chi connectivity index (χ2v) is 6.49. The van der Waals surface area contributed by atoms with E-state index >= 15 is 0 Å². The minimum atomic E-state index is -2.69. The molecule has 0 N–H and O–H groups in total. The smallest absolute Gasteiger partial charge is 0.287 e. The van der Waals surface area contributed by atoms with E-state index in [1.165, 1.54) is 19.3 Å². The van der Waals surface area contributed by atoms with Crippen LogP contribution in [0.5, 0.6) is 0 Å². The molecular weight excluding hydrogens is 348 g/mol. The molecule has 0 spiro atoms. The van der Waals surface area contributed by atoms with Crippen molar-refractivity contribution in [1.82, 2.24) is 0 Å². The highest BCUT2D eigenvalue weighted by molar-refractivity contribution is 5.59. The summed E-state index contributed by atoms with van der Waals surface area (Å²) in [5.74, 6) is 0. The van der Waals surface area contributed by atoms with Crippen molar-refractivity contribution < 1.29 is 14.6 Å². The van der Waals surface area contributed by atoms with Crippen molar-refractivity contribution in [3.05, 3.63) is 56.7 Å². The topological polar surface area (TPSA) is 103 Å². The van der Waals surface area contributed by atoms with E-state index in [9.17, 15) is 25.0 Å². The highest BCUT2D eigenvalue weighted by Crippen LogP contribution is 2.18. The number of aldehydes is 1. The SMILES string of the molecule is CCCCC/C=C/C/C=C/C/C=C/CCCCCC(C=O)([N+](=O)[O-])[N+](=O)[O-]. The van der Waals surface area contributed by atoms with Crippen molar-refractivity contribution >= 4 is 6.29 Å². The van der Waals surface area contributed by atoms with E-state index in [2.05, 4.69) is 37.3 Å². The van der Waals surface area contributed by atoms with Gasteiger partial charge < -0.3 is 0 Å². The number of allylic oxidation sites excluding steroid dienone is 6. The molecular formula is C20H32N2O5. The van der Waals surface area contributed by atoms with Gasteiger partial charge in [-0.3, -0.25) is 25.0 Å². The number of hydrogen-bond acceptors (Lipinski definition) is 5. The Balaban J connectivity index is 3.78. The first-order valence-corrected chi connectivity index (χ1v) is 9.71. The quantitative estimate of drug-likeness (QED) is 0.0837. The zero-order valence-corrected chi connectivity index (χ0v) is 16.3. The maximum Gasteiger partial charge on any atom is 0.512 e. The second-order valence-electron chi connectivity index (χ2n) is 6.49. The van der Waals surface area contributed by atoms with E-state index in [4.69, 9.17) is 0 Å². The minimum Gasteiger partial charge on any atom is -0.287 e. The molecule has 0 aromatic carbocycles. The Labute approximate surface area is 161 Å². The van der Waals surface area contributed by atoms with Gasteiger partial charge in [0, 0.05) is 0 Å². The summed E-state index contributed by atoms with van der Waals surface area (Å²) in [7, 11) is 0. The van der Waals surface area contributed by atoms with E-state index < -0.39 is 15.5 Å². The van der Waals surface area contributed by atoms with Crippen LogP contribution < -0.4 is 0 Å². The first-order chi connectivity index (χ1) is 13.0. The average molecular weight is 380 g/mol. The van der Waals surface area contributed by atoms with Crippen molar-refractivity contribution in [2.24, 2.45) is 0 Å². The molecule has 0 aliphatic carbocycles. The summed E-state index contributed by atoms with van der Waals surface area (Å²) in [6.45, 7) is 2.20. The van der Waals surface area contributed by atoms with Crippen LogP contribution >= 0.6 is 0 Å². The van der Waals surface area contributed by atoms with E-state index in [0.29, 0.717) is 6.42 Å². The maximum absolute atomic E-state index is 10.8. The van der Waals surface area contributed by atoms with Gasteiger partial charge in [0.1, 0.15) is 9.85 Å². The Bertz CT molecular complexity index is 512. The fraction of sp³-hybridized carbons (Fsp3) is 0.650. The van der Waals surface area contributed by atoms with Crippen LogP contribution in [0, 0.1) is 20.2 Å².